The van der Waals surface area contributed by atoms with E-state index in [1.165, 1.54) is 24.3 Å². The highest BCUT2D eigenvalue weighted by Crippen LogP contribution is 2.33. The van der Waals surface area contributed by atoms with Crippen molar-refractivity contribution in [2.45, 2.75) is 209 Å². The Morgan fingerprint density at radius 2 is 1.11 bits per heavy atom. The number of para-hydroxylation sites is 2. The molecule has 43 heteroatoms. The van der Waals surface area contributed by atoms with Crippen LogP contribution < -0.4 is 86.3 Å². The van der Waals surface area contributed by atoms with Gasteiger partial charge in [0.25, 0.3) is 0 Å². The van der Waals surface area contributed by atoms with E-state index in [0.717, 1.165) is 59.3 Å². The van der Waals surface area contributed by atoms with E-state index >= 15 is 0 Å². The number of amides is 14. The summed E-state index contributed by atoms with van der Waals surface area (Å²) in [5, 5.41) is 79.0. The first kappa shape index (κ1) is 94.9. The van der Waals surface area contributed by atoms with Gasteiger partial charge in [-0.1, -0.05) is 69.9 Å². The molecule has 1 aromatic heterocycles. The van der Waals surface area contributed by atoms with Crippen molar-refractivity contribution >= 4 is 135 Å². The molecule has 14 amide bonds. The average Bonchev–Trinajstić information content (AvgIpc) is 1.64. The Labute approximate surface area is 669 Å². The number of hydrogen-bond acceptors (Lipinski definition) is 24. The number of unbranched alkanes of at least 4 members (excludes halogenated alkanes) is 2. The highest BCUT2D eigenvalue weighted by Gasteiger charge is 2.42. The number of ether oxygens (including phenoxy) is 1. The maximum absolute atomic E-state index is 14.9. The van der Waals surface area contributed by atoms with Crippen LogP contribution in [0.25, 0.3) is 10.9 Å². The number of nitrogens with one attached hydrogen (secondary N) is 14. The molecule has 0 bridgehead atoms. The molecule has 25 N–H and O–H groups in total. The first-order valence-electron chi connectivity index (χ1n) is 37.8. The number of carboxylic acids is 4. The number of carboxylic acid groups (broad SMARTS) is 4. The minimum Gasteiger partial charge on any atom is -0.481 e. The fourth-order valence-corrected chi connectivity index (χ4v) is 12.9. The van der Waals surface area contributed by atoms with Crippen LogP contribution in [0, 0.1) is 17.8 Å². The fraction of sp³-hybridized carbons (Fsp3) is 0.541. The number of cyclic esters (lactones) is 1. The van der Waals surface area contributed by atoms with Gasteiger partial charge in [-0.05, 0) is 94.5 Å². The van der Waals surface area contributed by atoms with Gasteiger partial charge in [0.05, 0.1) is 51.8 Å². The number of hydrogen-bond donors (Lipinski definition) is 22. The van der Waals surface area contributed by atoms with Gasteiger partial charge >= 0.3 is 29.8 Å². The van der Waals surface area contributed by atoms with Crippen LogP contribution in [0.3, 0.4) is 0 Å². The maximum Gasteiger partial charge on any atom is 0.329 e. The number of carbonyl (C=O) groups is 20. The summed E-state index contributed by atoms with van der Waals surface area (Å²) in [6.07, 6.45) is -1.65. The lowest BCUT2D eigenvalue weighted by molar-refractivity contribution is -0.156. The molecule has 640 valence electrons. The zero-order valence-electron chi connectivity index (χ0n) is 64.7. The third kappa shape index (κ3) is 30.9. The Bertz CT molecular complexity index is 4150. The van der Waals surface area contributed by atoms with Crippen LogP contribution >= 0.6 is 0 Å². The van der Waals surface area contributed by atoms with Crippen molar-refractivity contribution in [2.75, 3.05) is 32.0 Å². The first-order valence-corrected chi connectivity index (χ1v) is 37.8. The van der Waals surface area contributed by atoms with Crippen LogP contribution in [0.4, 0.5) is 5.69 Å². The van der Waals surface area contributed by atoms with Crippen LogP contribution in [-0.2, 0) is 102 Å². The van der Waals surface area contributed by atoms with Gasteiger partial charge in [0.1, 0.15) is 72.6 Å². The Hall–Kier alpha value is -12.7. The molecule has 2 heterocycles. The largest absolute Gasteiger partial charge is 0.481 e. The number of aliphatic carboxylic acids is 4. The minimum absolute atomic E-state index is 0.0929. The number of benzene rings is 2. The van der Waals surface area contributed by atoms with Crippen LogP contribution in [0.5, 0.6) is 0 Å². The molecule has 5 rings (SSSR count). The van der Waals surface area contributed by atoms with Crippen molar-refractivity contribution in [3.8, 4) is 0 Å². The van der Waals surface area contributed by atoms with Gasteiger partial charge in [-0.25, -0.2) is 4.79 Å². The molecular formula is C74H103N17O26. The number of rotatable bonds is 32. The lowest BCUT2D eigenvalue weighted by atomic mass is 9.79. The Morgan fingerprint density at radius 1 is 0.556 bits per heavy atom. The third-order valence-electron chi connectivity index (χ3n) is 19.3. The van der Waals surface area contributed by atoms with Gasteiger partial charge in [-0.2, -0.15) is 0 Å². The standard InChI is InChI=1S/C74H103N17O26/c1-5-6-7-13-38-19-21-39(22-20-38)64(106)85-46(25-40-31-78-44-17-11-9-14-41(40)44)68(110)86-47(27-54(77)94)69(111)88-50(30-60(103)104)70(112)91-62-37(4)117-74(116)51(26-53(93)42-15-8-10-16-43(42)76)89-73(115)61(35(2)24-57(97)98)90-71(113)52(34-92)83-56(96)32-79-65(107)48(28-58(99)100)84-63(105)36(3)81-67(109)49(29-59(101)102)87-66(108)45(18-12-23-75)82-55(95)33-80-72(62)114/h8-11,14-17,31,35-39,45-52,61-62,78,92H,5-7,12-13,18-30,32-34,75-76H2,1-4H3,(H2,77,94)(H,79,107)(H,80,114)(H,81,109)(H,82,95)(H,83,96)(H,84,105)(H,85,106)(H,86,110)(H,87,108)(H,88,111)(H,89,115)(H,90,113)(H,91,112)(H,97,98)(H,99,100)(H,101,102)(H,103,104)/t35-,36-,37-,38?,39?,45+,46+,47-,48+,49+,50+,51+,52-,61+,62+/m1/s1. The van der Waals surface area contributed by atoms with E-state index < -0.39 is 267 Å². The van der Waals surface area contributed by atoms with E-state index in [-0.39, 0.29) is 30.6 Å². The SMILES string of the molecule is CCCCCC1CCC(C(=O)N[C@@H](Cc2c[nH]c3ccccc23)C(=O)N[C@H](CC(N)=O)C(=O)N[C@@H](CC(=O)O)C(=O)N[C@@H]2C(=O)NCC(=O)N[C@@H](CCCN)C(=O)N[C@@H](CC(=O)O)C(=O)N[C@H](C)C(=O)N[C@@H](CC(=O)O)C(=O)NCC(=O)N[C@H](CO)C(=O)N[C@@H]([C@H](C)CC(=O)O)C(=O)N[C@@H](CC(=O)c3ccccc3N)C(=O)O[C@@H]2C)CC1. The number of ketones is 1. The molecule has 1 aliphatic carbocycles. The van der Waals surface area contributed by atoms with Crippen molar-refractivity contribution in [1.29, 1.82) is 0 Å². The summed E-state index contributed by atoms with van der Waals surface area (Å²) in [4.78, 5) is 278. The molecule has 2 aliphatic rings. The van der Waals surface area contributed by atoms with E-state index in [0.29, 0.717) is 35.2 Å². The van der Waals surface area contributed by atoms with Crippen molar-refractivity contribution in [2.24, 2.45) is 29.2 Å². The number of Topliss-reactive ketones (excluding diaryl/α,β-unsaturated/α-hetero) is 1. The number of aromatic amines is 1. The second-order valence-electron chi connectivity index (χ2n) is 28.5. The number of H-pyrrole nitrogens is 1. The zero-order valence-corrected chi connectivity index (χ0v) is 64.7. The maximum atomic E-state index is 14.9. The Kier molecular flexibility index (Phi) is 37.8. The van der Waals surface area contributed by atoms with E-state index in [2.05, 4.69) is 65.1 Å². The number of nitrogen functional groups attached to an aromatic ring is 1. The molecule has 0 radical (unpaired) electrons. The molecule has 43 nitrogen and oxygen atoms in total. The van der Waals surface area contributed by atoms with Gasteiger partial charge in [-0.3, -0.25) is 91.1 Å². The fourth-order valence-electron chi connectivity index (χ4n) is 12.9. The quantitative estimate of drug-likeness (QED) is 0.0120. The summed E-state index contributed by atoms with van der Waals surface area (Å²) in [7, 11) is 0. The summed E-state index contributed by atoms with van der Waals surface area (Å²) in [5.41, 5.74) is 18.2. The summed E-state index contributed by atoms with van der Waals surface area (Å²) in [5.74, 6) is -29.7. The van der Waals surface area contributed by atoms with Gasteiger partial charge < -0.3 is 122 Å². The number of aliphatic hydroxyl groups is 1. The van der Waals surface area contributed by atoms with Crippen molar-refractivity contribution in [3.05, 3.63) is 65.9 Å². The average molecular weight is 1650 g/mol. The van der Waals surface area contributed by atoms with Crippen LogP contribution in [0.1, 0.15) is 146 Å². The number of aromatic nitrogens is 1. The predicted molar refractivity (Wildman–Crippen MR) is 407 cm³/mol. The van der Waals surface area contributed by atoms with Gasteiger partial charge in [0.2, 0.25) is 82.7 Å². The van der Waals surface area contributed by atoms with Crippen molar-refractivity contribution in [1.82, 2.24) is 74.1 Å². The zero-order chi connectivity index (χ0) is 86.9. The lowest BCUT2D eigenvalue weighted by Crippen LogP contribution is -2.62. The molecule has 1 aliphatic heterocycles. The minimum atomic E-state index is -2.45. The van der Waals surface area contributed by atoms with E-state index in [1.54, 1.807) is 30.5 Å². The van der Waals surface area contributed by atoms with Gasteiger partial charge in [0.15, 0.2) is 5.78 Å². The Balaban J connectivity index is 1.60. The summed E-state index contributed by atoms with van der Waals surface area (Å²) in [6.45, 7) is 1.15. The highest BCUT2D eigenvalue weighted by atomic mass is 16.5. The molecule has 2 aromatic carbocycles. The van der Waals surface area contributed by atoms with E-state index in [1.807, 2.05) is 16.0 Å². The second-order valence-corrected chi connectivity index (χ2v) is 28.5. The number of aliphatic hydroxyl groups excluding tert-OH is 1. The smallest absolute Gasteiger partial charge is 0.329 e. The molecule has 0 unspecified atom stereocenters. The number of primary amides is 1. The van der Waals surface area contributed by atoms with Crippen LogP contribution in [0.2, 0.25) is 0 Å². The molecule has 1 saturated carbocycles. The second kappa shape index (κ2) is 46.6. The Morgan fingerprint density at radius 3 is 1.71 bits per heavy atom. The molecule has 2 fully saturated rings. The summed E-state index contributed by atoms with van der Waals surface area (Å²) in [6, 6.07) is -10.5. The summed E-state index contributed by atoms with van der Waals surface area (Å²) < 4.78 is 5.70. The number of nitrogens with two attached hydrogens (primary N) is 3. The molecule has 1 saturated heterocycles. The predicted octanol–water partition coefficient (Wildman–Crippen LogP) is -5.38. The normalized spacial score (nSPS) is 23.1. The third-order valence-corrected chi connectivity index (χ3v) is 19.3. The van der Waals surface area contributed by atoms with E-state index in [4.69, 9.17) is 21.9 Å². The number of esters is 1. The lowest BCUT2D eigenvalue weighted by Gasteiger charge is -2.30. The van der Waals surface area contributed by atoms with Crippen molar-refractivity contribution in [3.63, 3.8) is 0 Å². The van der Waals surface area contributed by atoms with Gasteiger partial charge in [-0.15, -0.1) is 0 Å². The number of carbonyl (C=O) groups excluding carboxylic acids is 16. The molecular weight excluding hydrogens is 1540 g/mol. The van der Waals surface area contributed by atoms with Crippen LogP contribution in [-0.4, -0.2) is 248 Å². The number of fused-ring (bicyclic) bond motifs is 1. The monoisotopic (exact) mass is 1650 g/mol. The molecule has 0 spiro atoms. The van der Waals surface area contributed by atoms with E-state index in [9.17, 15) is 121 Å². The molecule has 13 atom stereocenters. The summed E-state index contributed by atoms with van der Waals surface area (Å²) >= 11 is 0. The topological polar surface area (TPSA) is 702 Å². The molecule has 3 aromatic rings. The van der Waals surface area contributed by atoms with Crippen molar-refractivity contribution < 1.29 is 126 Å². The molecule has 117 heavy (non-hydrogen) atoms. The first-order chi connectivity index (χ1) is 55.3. The number of anilines is 1. The highest BCUT2D eigenvalue weighted by molar-refractivity contribution is 6.05. The van der Waals surface area contributed by atoms with Gasteiger partial charge in [0, 0.05) is 47.1 Å². The van der Waals surface area contributed by atoms with Crippen LogP contribution in [0.15, 0.2) is 54.7 Å².